The van der Waals surface area contributed by atoms with Crippen LogP contribution < -0.4 is 14.8 Å². The molecule has 146 valence electrons. The SMILES string of the molecule is COc1ccc(C(=O)NCCc2cccc(F)c2)cc1S(=O)(=O)NC(C)C. The van der Waals surface area contributed by atoms with Crippen molar-refractivity contribution in [3.8, 4) is 5.75 Å². The zero-order valence-electron chi connectivity index (χ0n) is 15.5. The van der Waals surface area contributed by atoms with Gasteiger partial charge in [0.2, 0.25) is 10.0 Å². The molecule has 0 radical (unpaired) electrons. The molecule has 0 bridgehead atoms. The zero-order valence-corrected chi connectivity index (χ0v) is 16.3. The van der Waals surface area contributed by atoms with Crippen LogP contribution >= 0.6 is 0 Å². The predicted octanol–water partition coefficient (Wildman–Crippen LogP) is 2.49. The van der Waals surface area contributed by atoms with Gasteiger partial charge in [-0.25, -0.2) is 17.5 Å². The van der Waals surface area contributed by atoms with E-state index in [9.17, 15) is 17.6 Å². The molecule has 6 nitrogen and oxygen atoms in total. The van der Waals surface area contributed by atoms with E-state index in [2.05, 4.69) is 10.0 Å². The molecule has 8 heteroatoms. The highest BCUT2D eigenvalue weighted by Gasteiger charge is 2.22. The predicted molar refractivity (Wildman–Crippen MR) is 101 cm³/mol. The largest absolute Gasteiger partial charge is 0.495 e. The van der Waals surface area contributed by atoms with Gasteiger partial charge < -0.3 is 10.1 Å². The molecule has 2 aromatic rings. The van der Waals surface area contributed by atoms with Crippen molar-refractivity contribution in [3.63, 3.8) is 0 Å². The lowest BCUT2D eigenvalue weighted by molar-refractivity contribution is 0.0954. The molecule has 0 saturated carbocycles. The van der Waals surface area contributed by atoms with Crippen molar-refractivity contribution in [2.75, 3.05) is 13.7 Å². The average molecular weight is 394 g/mol. The van der Waals surface area contributed by atoms with Crippen molar-refractivity contribution in [1.82, 2.24) is 10.0 Å². The van der Waals surface area contributed by atoms with E-state index in [0.29, 0.717) is 13.0 Å². The second kappa shape index (κ2) is 8.96. The summed E-state index contributed by atoms with van der Waals surface area (Å²) in [6.07, 6.45) is 0.458. The van der Waals surface area contributed by atoms with Gasteiger partial charge >= 0.3 is 0 Å². The van der Waals surface area contributed by atoms with Crippen LogP contribution in [0.15, 0.2) is 47.4 Å². The number of methoxy groups -OCH3 is 1. The molecule has 0 aliphatic carbocycles. The molecule has 0 atom stereocenters. The Labute approximate surface area is 158 Å². The summed E-state index contributed by atoms with van der Waals surface area (Å²) in [6.45, 7) is 3.70. The van der Waals surface area contributed by atoms with Crippen molar-refractivity contribution < 1.29 is 22.3 Å². The number of hydrogen-bond donors (Lipinski definition) is 2. The fraction of sp³-hybridized carbons (Fsp3) is 0.316. The van der Waals surface area contributed by atoms with Gasteiger partial charge in [0.05, 0.1) is 7.11 Å². The van der Waals surface area contributed by atoms with E-state index in [1.165, 1.54) is 37.4 Å². The molecule has 0 unspecified atom stereocenters. The van der Waals surface area contributed by atoms with Gasteiger partial charge in [-0.05, 0) is 56.2 Å². The standard InChI is InChI=1S/C19H23FN2O4S/c1-13(2)22-27(24,25)18-12-15(7-8-17(18)26-3)19(23)21-10-9-14-5-4-6-16(20)11-14/h4-8,11-13,22H,9-10H2,1-3H3,(H,21,23). The Morgan fingerprint density at radius 2 is 1.93 bits per heavy atom. The van der Waals surface area contributed by atoms with Gasteiger partial charge in [-0.15, -0.1) is 0 Å². The molecule has 0 aromatic heterocycles. The summed E-state index contributed by atoms with van der Waals surface area (Å²) in [5.74, 6) is -0.601. The van der Waals surface area contributed by atoms with Crippen LogP contribution in [0.3, 0.4) is 0 Å². The van der Waals surface area contributed by atoms with Crippen molar-refractivity contribution >= 4 is 15.9 Å². The maximum absolute atomic E-state index is 13.2. The van der Waals surface area contributed by atoms with E-state index >= 15 is 0 Å². The Morgan fingerprint density at radius 3 is 2.56 bits per heavy atom. The highest BCUT2D eigenvalue weighted by molar-refractivity contribution is 7.89. The second-order valence-corrected chi connectivity index (χ2v) is 7.96. The maximum atomic E-state index is 13.2. The second-order valence-electron chi connectivity index (χ2n) is 6.28. The fourth-order valence-electron chi connectivity index (χ4n) is 2.52. The van der Waals surface area contributed by atoms with Crippen LogP contribution in [0.5, 0.6) is 5.75 Å². The summed E-state index contributed by atoms with van der Waals surface area (Å²) in [5.41, 5.74) is 0.952. The van der Waals surface area contributed by atoms with Gasteiger partial charge in [-0.3, -0.25) is 4.79 Å². The molecule has 2 aromatic carbocycles. The highest BCUT2D eigenvalue weighted by atomic mass is 32.2. The van der Waals surface area contributed by atoms with E-state index < -0.39 is 15.9 Å². The number of sulfonamides is 1. The maximum Gasteiger partial charge on any atom is 0.251 e. The molecule has 0 aliphatic heterocycles. The summed E-state index contributed by atoms with van der Waals surface area (Å²) >= 11 is 0. The third kappa shape index (κ3) is 5.77. The monoisotopic (exact) mass is 394 g/mol. The summed E-state index contributed by atoms with van der Waals surface area (Å²) in [7, 11) is -2.46. The van der Waals surface area contributed by atoms with Crippen LogP contribution in [0, 0.1) is 5.82 Å². The molecule has 0 spiro atoms. The van der Waals surface area contributed by atoms with E-state index in [0.717, 1.165) is 5.56 Å². The van der Waals surface area contributed by atoms with Crippen LogP contribution in [0.4, 0.5) is 4.39 Å². The van der Waals surface area contributed by atoms with Crippen LogP contribution in [0.25, 0.3) is 0 Å². The summed E-state index contributed by atoms with van der Waals surface area (Å²) in [6, 6.07) is 10.0. The van der Waals surface area contributed by atoms with E-state index in [1.807, 2.05) is 0 Å². The van der Waals surface area contributed by atoms with Crippen LogP contribution in [-0.4, -0.2) is 34.0 Å². The molecule has 27 heavy (non-hydrogen) atoms. The van der Waals surface area contributed by atoms with Crippen molar-refractivity contribution in [3.05, 3.63) is 59.4 Å². The Kier molecular flexibility index (Phi) is 6.92. The minimum Gasteiger partial charge on any atom is -0.495 e. The Hall–Kier alpha value is -2.45. The summed E-state index contributed by atoms with van der Waals surface area (Å²) in [5, 5.41) is 2.71. The molecular weight excluding hydrogens is 371 g/mol. The van der Waals surface area contributed by atoms with Crippen LogP contribution in [-0.2, 0) is 16.4 Å². The third-order valence-electron chi connectivity index (χ3n) is 3.69. The number of ether oxygens (including phenoxy) is 1. The van der Waals surface area contributed by atoms with Crippen molar-refractivity contribution in [2.45, 2.75) is 31.2 Å². The Morgan fingerprint density at radius 1 is 1.19 bits per heavy atom. The Bertz CT molecular complexity index is 914. The Balaban J connectivity index is 2.13. The number of benzene rings is 2. The summed E-state index contributed by atoms with van der Waals surface area (Å²) < 4.78 is 45.7. The molecule has 0 fully saturated rings. The first-order valence-electron chi connectivity index (χ1n) is 8.46. The molecule has 0 saturated heterocycles. The number of carbonyl (C=O) groups is 1. The van der Waals surface area contributed by atoms with Gasteiger partial charge in [0.1, 0.15) is 16.5 Å². The van der Waals surface area contributed by atoms with Crippen molar-refractivity contribution in [1.29, 1.82) is 0 Å². The first-order valence-corrected chi connectivity index (χ1v) is 9.94. The molecule has 2 N–H and O–H groups in total. The molecule has 0 aliphatic rings. The normalized spacial score (nSPS) is 11.4. The van der Waals surface area contributed by atoms with Gasteiger partial charge in [0, 0.05) is 18.2 Å². The van der Waals surface area contributed by atoms with Gasteiger partial charge in [0.25, 0.3) is 5.91 Å². The van der Waals surface area contributed by atoms with Gasteiger partial charge in [-0.2, -0.15) is 0 Å². The number of halogens is 1. The van der Waals surface area contributed by atoms with Crippen molar-refractivity contribution in [2.24, 2.45) is 0 Å². The zero-order chi connectivity index (χ0) is 20.0. The fourth-order valence-corrected chi connectivity index (χ4v) is 3.96. The van der Waals surface area contributed by atoms with Crippen LogP contribution in [0.2, 0.25) is 0 Å². The molecular formula is C19H23FN2O4S. The highest BCUT2D eigenvalue weighted by Crippen LogP contribution is 2.25. The number of carbonyl (C=O) groups excluding carboxylic acids is 1. The molecule has 0 heterocycles. The first kappa shape index (κ1) is 20.9. The lowest BCUT2D eigenvalue weighted by atomic mass is 10.1. The number of amides is 1. The smallest absolute Gasteiger partial charge is 0.251 e. The topological polar surface area (TPSA) is 84.5 Å². The first-order chi connectivity index (χ1) is 12.7. The van der Waals surface area contributed by atoms with Crippen LogP contribution in [0.1, 0.15) is 29.8 Å². The lowest BCUT2D eigenvalue weighted by Gasteiger charge is -2.14. The van der Waals surface area contributed by atoms with Gasteiger partial charge in [0.15, 0.2) is 0 Å². The van der Waals surface area contributed by atoms with E-state index in [4.69, 9.17) is 4.74 Å². The number of rotatable bonds is 8. The number of nitrogens with one attached hydrogen (secondary N) is 2. The van der Waals surface area contributed by atoms with E-state index in [1.54, 1.807) is 26.0 Å². The number of hydrogen-bond acceptors (Lipinski definition) is 4. The molecule has 1 amide bonds. The van der Waals surface area contributed by atoms with Gasteiger partial charge in [-0.1, -0.05) is 12.1 Å². The lowest BCUT2D eigenvalue weighted by Crippen LogP contribution is -2.31. The summed E-state index contributed by atoms with van der Waals surface area (Å²) in [4.78, 5) is 12.3. The molecule has 2 rings (SSSR count). The average Bonchev–Trinajstić information content (AvgIpc) is 2.60. The third-order valence-corrected chi connectivity index (χ3v) is 5.37. The van der Waals surface area contributed by atoms with E-state index in [-0.39, 0.29) is 28.1 Å². The quantitative estimate of drug-likeness (QED) is 0.721. The minimum atomic E-state index is -3.82. The minimum absolute atomic E-state index is 0.100.